The third kappa shape index (κ3) is 3.69. The maximum atomic E-state index is 12.5. The van der Waals surface area contributed by atoms with E-state index in [9.17, 15) is 14.7 Å². The van der Waals surface area contributed by atoms with Crippen LogP contribution in [0.5, 0.6) is 17.2 Å². The minimum atomic E-state index is -0.884. The lowest BCUT2D eigenvalue weighted by Crippen LogP contribution is -2.12. The van der Waals surface area contributed by atoms with E-state index in [2.05, 4.69) is 0 Å². The van der Waals surface area contributed by atoms with Crippen LogP contribution < -0.4 is 15.1 Å². The number of carbonyl (C=O) groups excluding carboxylic acids is 1. The number of para-hydroxylation sites is 1. The van der Waals surface area contributed by atoms with Gasteiger partial charge in [0, 0.05) is 0 Å². The van der Waals surface area contributed by atoms with E-state index in [1.165, 1.54) is 19.3 Å². The number of carbonyl (C=O) groups is 1. The van der Waals surface area contributed by atoms with E-state index in [0.717, 1.165) is 0 Å². The second-order valence-electron chi connectivity index (χ2n) is 5.65. The number of hydrogen-bond donors (Lipinski definition) is 1. The third-order valence-corrected chi connectivity index (χ3v) is 3.95. The molecule has 0 saturated carbocycles. The summed E-state index contributed by atoms with van der Waals surface area (Å²) in [7, 11) is 1.52. The van der Waals surface area contributed by atoms with Gasteiger partial charge >= 0.3 is 5.63 Å². The molecule has 1 heterocycles. The minimum absolute atomic E-state index is 0.219. The van der Waals surface area contributed by atoms with Gasteiger partial charge in [-0.1, -0.05) is 24.3 Å². The highest BCUT2D eigenvalue weighted by atomic mass is 16.5. The zero-order valence-electron chi connectivity index (χ0n) is 14.9. The fourth-order valence-corrected chi connectivity index (χ4v) is 2.67. The van der Waals surface area contributed by atoms with Gasteiger partial charge in [0.15, 0.2) is 17.3 Å². The summed E-state index contributed by atoms with van der Waals surface area (Å²) in [5.41, 5.74) is -0.391. The van der Waals surface area contributed by atoms with Gasteiger partial charge in [-0.2, -0.15) is 0 Å². The SMILES string of the molecule is CCOc1ccc(/C=C/C(=O)c2c(O)c3ccccc3oc2=O)cc1OC. The van der Waals surface area contributed by atoms with Crippen molar-refractivity contribution in [3.8, 4) is 17.2 Å². The molecule has 0 aliphatic carbocycles. The lowest BCUT2D eigenvalue weighted by Gasteiger charge is -2.09. The van der Waals surface area contributed by atoms with Crippen LogP contribution in [-0.4, -0.2) is 24.6 Å². The van der Waals surface area contributed by atoms with Gasteiger partial charge in [0.25, 0.3) is 0 Å². The summed E-state index contributed by atoms with van der Waals surface area (Å²) in [5, 5.41) is 10.6. The normalized spacial score (nSPS) is 11.0. The summed E-state index contributed by atoms with van der Waals surface area (Å²) >= 11 is 0. The summed E-state index contributed by atoms with van der Waals surface area (Å²) in [5.74, 6) is 0.0800. The number of hydrogen-bond acceptors (Lipinski definition) is 6. The second kappa shape index (κ2) is 7.78. The first-order valence-corrected chi connectivity index (χ1v) is 8.33. The van der Waals surface area contributed by atoms with E-state index in [1.54, 1.807) is 42.5 Å². The molecule has 0 aliphatic rings. The highest BCUT2D eigenvalue weighted by molar-refractivity contribution is 6.10. The van der Waals surface area contributed by atoms with Crippen molar-refractivity contribution in [2.24, 2.45) is 0 Å². The van der Waals surface area contributed by atoms with Crippen molar-refractivity contribution in [3.05, 3.63) is 70.1 Å². The number of fused-ring (bicyclic) bond motifs is 1. The molecule has 3 aromatic rings. The van der Waals surface area contributed by atoms with Crippen LogP contribution in [0.2, 0.25) is 0 Å². The molecule has 0 atom stereocenters. The van der Waals surface area contributed by atoms with E-state index in [0.29, 0.717) is 29.1 Å². The van der Waals surface area contributed by atoms with Crippen LogP contribution in [0.3, 0.4) is 0 Å². The zero-order valence-corrected chi connectivity index (χ0v) is 14.9. The van der Waals surface area contributed by atoms with Crippen molar-refractivity contribution in [2.75, 3.05) is 13.7 Å². The van der Waals surface area contributed by atoms with Crippen LogP contribution in [0.15, 0.2) is 57.8 Å². The largest absolute Gasteiger partial charge is 0.506 e. The molecule has 6 nitrogen and oxygen atoms in total. The molecule has 1 aromatic heterocycles. The number of ketones is 1. The van der Waals surface area contributed by atoms with Crippen LogP contribution >= 0.6 is 0 Å². The third-order valence-electron chi connectivity index (χ3n) is 3.95. The number of benzene rings is 2. The Morgan fingerprint density at radius 1 is 1.19 bits per heavy atom. The topological polar surface area (TPSA) is 86.0 Å². The number of allylic oxidation sites excluding steroid dienone is 1. The first kappa shape index (κ1) is 18.3. The predicted molar refractivity (Wildman–Crippen MR) is 102 cm³/mol. The first-order valence-electron chi connectivity index (χ1n) is 8.33. The van der Waals surface area contributed by atoms with Crippen LogP contribution in [0.1, 0.15) is 22.8 Å². The molecule has 138 valence electrons. The molecule has 0 radical (unpaired) electrons. The molecule has 2 aromatic carbocycles. The highest BCUT2D eigenvalue weighted by Crippen LogP contribution is 2.29. The number of methoxy groups -OCH3 is 1. The Morgan fingerprint density at radius 3 is 2.70 bits per heavy atom. The van der Waals surface area contributed by atoms with Crippen molar-refractivity contribution >= 4 is 22.8 Å². The first-order chi connectivity index (χ1) is 13.0. The second-order valence-corrected chi connectivity index (χ2v) is 5.65. The van der Waals surface area contributed by atoms with Crippen molar-refractivity contribution < 1.29 is 23.8 Å². The van der Waals surface area contributed by atoms with E-state index in [-0.39, 0.29) is 11.3 Å². The van der Waals surface area contributed by atoms with E-state index < -0.39 is 17.0 Å². The Bertz CT molecular complexity index is 1080. The number of aromatic hydroxyl groups is 1. The molecule has 1 N–H and O–H groups in total. The summed E-state index contributed by atoms with van der Waals surface area (Å²) in [6, 6.07) is 11.7. The lowest BCUT2D eigenvalue weighted by molar-refractivity contribution is 0.104. The van der Waals surface area contributed by atoms with Crippen molar-refractivity contribution in [1.82, 2.24) is 0 Å². The molecule has 0 saturated heterocycles. The van der Waals surface area contributed by atoms with Crippen LogP contribution in [0.4, 0.5) is 0 Å². The smallest absolute Gasteiger partial charge is 0.351 e. The summed E-state index contributed by atoms with van der Waals surface area (Å²) in [4.78, 5) is 24.6. The molecule has 27 heavy (non-hydrogen) atoms. The van der Waals surface area contributed by atoms with Gasteiger partial charge in [-0.05, 0) is 42.8 Å². The van der Waals surface area contributed by atoms with Gasteiger partial charge in [0.05, 0.1) is 19.1 Å². The van der Waals surface area contributed by atoms with Crippen LogP contribution in [-0.2, 0) is 0 Å². The fraction of sp³-hybridized carbons (Fsp3) is 0.143. The van der Waals surface area contributed by atoms with E-state index in [1.807, 2.05) is 6.92 Å². The van der Waals surface area contributed by atoms with Gasteiger partial charge in [-0.15, -0.1) is 0 Å². The maximum Gasteiger partial charge on any atom is 0.351 e. The van der Waals surface area contributed by atoms with Crippen molar-refractivity contribution in [3.63, 3.8) is 0 Å². The molecule has 0 fully saturated rings. The molecule has 0 aliphatic heterocycles. The monoisotopic (exact) mass is 366 g/mol. The van der Waals surface area contributed by atoms with Crippen molar-refractivity contribution in [1.29, 1.82) is 0 Å². The van der Waals surface area contributed by atoms with Gasteiger partial charge in [0.1, 0.15) is 16.9 Å². The van der Waals surface area contributed by atoms with Gasteiger partial charge in [-0.3, -0.25) is 4.79 Å². The predicted octanol–water partition coefficient (Wildman–Crippen LogP) is 3.80. The average Bonchev–Trinajstić information content (AvgIpc) is 2.67. The van der Waals surface area contributed by atoms with Crippen molar-refractivity contribution in [2.45, 2.75) is 6.92 Å². The Balaban J connectivity index is 1.94. The highest BCUT2D eigenvalue weighted by Gasteiger charge is 2.18. The van der Waals surface area contributed by atoms with E-state index in [4.69, 9.17) is 13.9 Å². The van der Waals surface area contributed by atoms with Gasteiger partial charge in [0.2, 0.25) is 0 Å². The van der Waals surface area contributed by atoms with Crippen LogP contribution in [0, 0.1) is 0 Å². The van der Waals surface area contributed by atoms with E-state index >= 15 is 0 Å². The average molecular weight is 366 g/mol. The lowest BCUT2D eigenvalue weighted by atomic mass is 10.1. The summed E-state index contributed by atoms with van der Waals surface area (Å²) in [6.07, 6.45) is 2.73. The fourth-order valence-electron chi connectivity index (χ4n) is 2.67. The molecule has 6 heteroatoms. The number of ether oxygens (including phenoxy) is 2. The standard InChI is InChI=1S/C21H18O6/c1-3-26-17-11-9-13(12-18(17)25-2)8-10-15(22)19-20(23)14-6-4-5-7-16(14)27-21(19)24/h4-12,23H,3H2,1-2H3/b10-8+. The molecular formula is C21H18O6. The van der Waals surface area contributed by atoms with Crippen LogP contribution in [0.25, 0.3) is 17.0 Å². The van der Waals surface area contributed by atoms with Gasteiger partial charge < -0.3 is 19.0 Å². The Labute approximate surface area is 155 Å². The summed E-state index contributed by atoms with van der Waals surface area (Å²) in [6.45, 7) is 2.37. The molecule has 0 spiro atoms. The maximum absolute atomic E-state index is 12.5. The Kier molecular flexibility index (Phi) is 5.26. The minimum Gasteiger partial charge on any atom is -0.506 e. The number of rotatable bonds is 6. The van der Waals surface area contributed by atoms with Gasteiger partial charge in [-0.25, -0.2) is 4.79 Å². The summed E-state index contributed by atoms with van der Waals surface area (Å²) < 4.78 is 15.8. The molecule has 0 amide bonds. The molecule has 3 rings (SSSR count). The molecular weight excluding hydrogens is 348 g/mol. The Hall–Kier alpha value is -3.54. The molecule has 0 bridgehead atoms. The molecule has 0 unspecified atom stereocenters. The zero-order chi connectivity index (χ0) is 19.4. The quantitative estimate of drug-likeness (QED) is 0.406. The Morgan fingerprint density at radius 2 is 1.96 bits per heavy atom.